The van der Waals surface area contributed by atoms with Gasteiger partial charge in [0.25, 0.3) is 0 Å². The normalized spacial score (nSPS) is 10.6. The van der Waals surface area contributed by atoms with Gasteiger partial charge in [-0.05, 0) is 36.4 Å². The van der Waals surface area contributed by atoms with Crippen LogP contribution in [-0.2, 0) is 11.3 Å². The lowest BCUT2D eigenvalue weighted by atomic mass is 10.3. The van der Waals surface area contributed by atoms with Gasteiger partial charge in [0.2, 0.25) is 0 Å². The highest BCUT2D eigenvalue weighted by Crippen LogP contribution is 2.07. The zero-order valence-corrected chi connectivity index (χ0v) is 8.23. The van der Waals surface area contributed by atoms with E-state index < -0.39 is 0 Å². The van der Waals surface area contributed by atoms with Crippen molar-refractivity contribution in [2.75, 3.05) is 13.6 Å². The van der Waals surface area contributed by atoms with Gasteiger partial charge in [-0.25, -0.2) is 0 Å². The Labute approximate surface area is 76.8 Å². The van der Waals surface area contributed by atoms with Crippen molar-refractivity contribution in [2.24, 2.45) is 0 Å². The first-order valence-corrected chi connectivity index (χ1v) is 4.82. The lowest BCUT2D eigenvalue weighted by molar-refractivity contribution is -0.117. The van der Waals surface area contributed by atoms with Gasteiger partial charge < -0.3 is 0 Å². The smallest absolute Gasteiger partial charge is 0.143 e. The van der Waals surface area contributed by atoms with Gasteiger partial charge in [0.15, 0.2) is 0 Å². The van der Waals surface area contributed by atoms with Crippen molar-refractivity contribution in [1.29, 1.82) is 0 Å². The Balaban J connectivity index is 2.36. The fourth-order valence-electron chi connectivity index (χ4n) is 1.13. The van der Waals surface area contributed by atoms with Crippen LogP contribution in [0.2, 0.25) is 0 Å². The first-order chi connectivity index (χ1) is 5.68. The maximum atomic E-state index is 10.7. The van der Waals surface area contributed by atoms with Gasteiger partial charge in [-0.3, -0.25) is 9.69 Å². The monoisotopic (exact) mass is 183 g/mol. The minimum Gasteiger partial charge on any atom is -0.299 e. The van der Waals surface area contributed by atoms with Crippen molar-refractivity contribution in [3.05, 3.63) is 22.4 Å². The Bertz CT molecular complexity index is 243. The number of ketones is 1. The Morgan fingerprint density at radius 1 is 1.67 bits per heavy atom. The van der Waals surface area contributed by atoms with Gasteiger partial charge in [-0.15, -0.1) is 0 Å². The summed E-state index contributed by atoms with van der Waals surface area (Å²) in [4.78, 5) is 12.8. The third-order valence-corrected chi connectivity index (χ3v) is 2.26. The summed E-state index contributed by atoms with van der Waals surface area (Å²) in [6, 6.07) is 2.08. The summed E-state index contributed by atoms with van der Waals surface area (Å²) in [5, 5.41) is 4.16. The first kappa shape index (κ1) is 9.42. The molecule has 0 atom stereocenters. The molecule has 0 unspecified atom stereocenters. The van der Waals surface area contributed by atoms with Crippen molar-refractivity contribution in [2.45, 2.75) is 13.5 Å². The van der Waals surface area contributed by atoms with E-state index in [0.717, 1.165) is 6.54 Å². The molecule has 0 saturated heterocycles. The number of nitrogens with zero attached hydrogens (tertiary/aromatic N) is 1. The molecule has 0 radical (unpaired) electrons. The summed E-state index contributed by atoms with van der Waals surface area (Å²) in [5.74, 6) is 0.215. The molecule has 0 aliphatic heterocycles. The van der Waals surface area contributed by atoms with E-state index in [1.165, 1.54) is 5.56 Å². The molecule has 1 aromatic heterocycles. The van der Waals surface area contributed by atoms with Gasteiger partial charge in [0, 0.05) is 6.54 Å². The number of Topliss-reactive ketones (excluding diaryl/α,β-unsaturated/α-hetero) is 1. The Morgan fingerprint density at radius 3 is 2.92 bits per heavy atom. The molecule has 1 rings (SSSR count). The van der Waals surface area contributed by atoms with E-state index >= 15 is 0 Å². The topological polar surface area (TPSA) is 20.3 Å². The summed E-state index contributed by atoms with van der Waals surface area (Å²) >= 11 is 1.69. The van der Waals surface area contributed by atoms with Gasteiger partial charge in [-0.2, -0.15) is 11.3 Å². The molecule has 0 aromatic carbocycles. The molecule has 0 fully saturated rings. The maximum Gasteiger partial charge on any atom is 0.143 e. The number of likely N-dealkylation sites (N-methyl/N-ethyl adjacent to an activating group) is 1. The average Bonchev–Trinajstić information content (AvgIpc) is 2.37. The highest BCUT2D eigenvalue weighted by Gasteiger charge is 2.02. The second kappa shape index (κ2) is 4.38. The number of rotatable bonds is 4. The molecule has 12 heavy (non-hydrogen) atoms. The van der Waals surface area contributed by atoms with E-state index in [0.29, 0.717) is 6.54 Å². The second-order valence-corrected chi connectivity index (χ2v) is 3.79. The molecule has 3 heteroatoms. The summed E-state index contributed by atoms with van der Waals surface area (Å²) in [5.41, 5.74) is 1.28. The zero-order valence-electron chi connectivity index (χ0n) is 7.41. The second-order valence-electron chi connectivity index (χ2n) is 3.01. The van der Waals surface area contributed by atoms with Crippen molar-refractivity contribution in [3.8, 4) is 0 Å². The Kier molecular flexibility index (Phi) is 3.44. The molecule has 66 valence electrons. The lowest BCUT2D eigenvalue weighted by Gasteiger charge is -2.12. The molecular formula is C9H13NOS. The van der Waals surface area contributed by atoms with Gasteiger partial charge in [0.05, 0.1) is 6.54 Å². The first-order valence-electron chi connectivity index (χ1n) is 3.87. The molecular weight excluding hydrogens is 170 g/mol. The number of carbonyl (C=O) groups is 1. The molecule has 1 aromatic rings. The fourth-order valence-corrected chi connectivity index (χ4v) is 1.79. The van der Waals surface area contributed by atoms with Crippen molar-refractivity contribution in [3.63, 3.8) is 0 Å². The van der Waals surface area contributed by atoms with Crippen LogP contribution in [0.4, 0.5) is 0 Å². The van der Waals surface area contributed by atoms with Crippen LogP contribution in [0.15, 0.2) is 16.8 Å². The van der Waals surface area contributed by atoms with Crippen LogP contribution < -0.4 is 0 Å². The van der Waals surface area contributed by atoms with Crippen LogP contribution in [0, 0.1) is 0 Å². The van der Waals surface area contributed by atoms with E-state index in [2.05, 4.69) is 16.8 Å². The molecule has 0 amide bonds. The fraction of sp³-hybridized carbons (Fsp3) is 0.444. The van der Waals surface area contributed by atoms with E-state index in [1.54, 1.807) is 18.3 Å². The van der Waals surface area contributed by atoms with Crippen LogP contribution in [-0.4, -0.2) is 24.3 Å². The highest BCUT2D eigenvalue weighted by molar-refractivity contribution is 7.07. The quantitative estimate of drug-likeness (QED) is 0.709. The van der Waals surface area contributed by atoms with Gasteiger partial charge in [0.1, 0.15) is 5.78 Å². The van der Waals surface area contributed by atoms with Crippen LogP contribution in [0.1, 0.15) is 12.5 Å². The minimum absolute atomic E-state index is 0.215. The van der Waals surface area contributed by atoms with Crippen LogP contribution in [0.5, 0.6) is 0 Å². The number of hydrogen-bond acceptors (Lipinski definition) is 3. The van der Waals surface area contributed by atoms with E-state index in [-0.39, 0.29) is 5.78 Å². The van der Waals surface area contributed by atoms with Crippen molar-refractivity contribution in [1.82, 2.24) is 4.90 Å². The van der Waals surface area contributed by atoms with E-state index in [9.17, 15) is 4.79 Å². The minimum atomic E-state index is 0.215. The molecule has 0 aliphatic carbocycles. The Morgan fingerprint density at radius 2 is 2.42 bits per heavy atom. The summed E-state index contributed by atoms with van der Waals surface area (Å²) in [6.45, 7) is 3.02. The Hall–Kier alpha value is -0.670. The maximum absolute atomic E-state index is 10.7. The zero-order chi connectivity index (χ0) is 8.97. The molecule has 0 aliphatic rings. The van der Waals surface area contributed by atoms with Gasteiger partial charge in [-0.1, -0.05) is 0 Å². The largest absolute Gasteiger partial charge is 0.299 e. The molecule has 1 heterocycles. The predicted molar refractivity (Wildman–Crippen MR) is 51.3 cm³/mol. The SMILES string of the molecule is CC(=O)CN(C)Cc1ccsc1. The standard InChI is InChI=1S/C9H13NOS/c1-8(11)5-10(2)6-9-3-4-12-7-9/h3-4,7H,5-6H2,1-2H3. The van der Waals surface area contributed by atoms with Crippen LogP contribution in [0.3, 0.4) is 0 Å². The molecule has 0 spiro atoms. The van der Waals surface area contributed by atoms with E-state index in [4.69, 9.17) is 0 Å². The van der Waals surface area contributed by atoms with Gasteiger partial charge >= 0.3 is 0 Å². The lowest BCUT2D eigenvalue weighted by Crippen LogP contribution is -2.23. The molecule has 0 saturated carbocycles. The van der Waals surface area contributed by atoms with Crippen molar-refractivity contribution < 1.29 is 4.79 Å². The third-order valence-electron chi connectivity index (χ3n) is 1.53. The molecule has 2 nitrogen and oxygen atoms in total. The summed E-state index contributed by atoms with van der Waals surface area (Å²) < 4.78 is 0. The van der Waals surface area contributed by atoms with Crippen LogP contribution in [0.25, 0.3) is 0 Å². The average molecular weight is 183 g/mol. The van der Waals surface area contributed by atoms with Crippen LogP contribution >= 0.6 is 11.3 Å². The van der Waals surface area contributed by atoms with E-state index in [1.807, 2.05) is 11.9 Å². The summed E-state index contributed by atoms with van der Waals surface area (Å²) in [7, 11) is 1.96. The number of hydrogen-bond donors (Lipinski definition) is 0. The highest BCUT2D eigenvalue weighted by atomic mass is 32.1. The number of carbonyl (C=O) groups excluding carboxylic acids is 1. The number of thiophene rings is 1. The third kappa shape index (κ3) is 3.15. The summed E-state index contributed by atoms with van der Waals surface area (Å²) in [6.07, 6.45) is 0. The van der Waals surface area contributed by atoms with Crippen molar-refractivity contribution >= 4 is 17.1 Å². The molecule has 0 bridgehead atoms. The predicted octanol–water partition coefficient (Wildman–Crippen LogP) is 1.77. The molecule has 0 N–H and O–H groups in total.